The van der Waals surface area contributed by atoms with Crippen LogP contribution in [0.5, 0.6) is 0 Å². The van der Waals surface area contributed by atoms with Gasteiger partial charge in [-0.25, -0.2) is 0 Å². The third-order valence-electron chi connectivity index (χ3n) is 0. The average Bonchev–Trinajstić information content (AvgIpc) is 1.60. The fourth-order valence-corrected chi connectivity index (χ4v) is 0. The molecular weight excluding hydrogens is 223 g/mol. The zero-order valence-corrected chi connectivity index (χ0v) is 6.87. The van der Waals surface area contributed by atoms with E-state index in [1.54, 1.807) is 6.92 Å². The molecule has 0 saturated heterocycles. The molecule has 1 N–H and O–H groups in total. The van der Waals surface area contributed by atoms with E-state index >= 15 is 0 Å². The van der Waals surface area contributed by atoms with Gasteiger partial charge in [-0.2, -0.15) is 0 Å². The zero-order valence-electron chi connectivity index (χ0n) is 5.83. The summed E-state index contributed by atoms with van der Waals surface area (Å²) < 4.78 is 0. The van der Waals surface area contributed by atoms with Gasteiger partial charge in [-0.1, -0.05) is 0 Å². The summed E-state index contributed by atoms with van der Waals surface area (Å²) in [5.74, 6) is 0. The molecule has 0 amide bonds. The number of hydrogen-bond donors (Lipinski definition) is 1. The van der Waals surface area contributed by atoms with Crippen molar-refractivity contribution < 1.29 is 32.1 Å². The van der Waals surface area contributed by atoms with Crippen LogP contribution < -0.4 is 0 Å². The molecule has 0 bridgehead atoms. The first-order chi connectivity index (χ1) is 4.88. The molecule has 0 aromatic rings. The van der Waals surface area contributed by atoms with Crippen LogP contribution in [0.4, 0.5) is 0 Å². The number of aliphatic hydroxyl groups excluding tert-OH is 1. The second-order valence-electron chi connectivity index (χ2n) is 0.763. The Morgan fingerprint density at radius 3 is 1.08 bits per heavy atom. The smallest absolute Gasteiger partial charge is 0.397 e. The summed E-state index contributed by atoms with van der Waals surface area (Å²) in [5.41, 5.74) is 0. The number of rotatable bonds is 0. The van der Waals surface area contributed by atoms with Gasteiger partial charge in [0, 0.05) is 6.61 Å². The molecule has 1 radical (unpaired) electrons. The van der Waals surface area contributed by atoms with Gasteiger partial charge in [0.2, 0.25) is 0 Å². The summed E-state index contributed by atoms with van der Waals surface area (Å²) in [6, 6.07) is 0. The van der Waals surface area contributed by atoms with Gasteiger partial charge in [-0.05, 0) is 6.92 Å². The normalized spacial score (nSPS) is 5.50. The third kappa shape index (κ3) is 427. The molecule has 12 heavy (non-hydrogen) atoms. The number of aliphatic hydroxyl groups is 1. The minimum Gasteiger partial charge on any atom is -0.397 e. The summed E-state index contributed by atoms with van der Waals surface area (Å²) in [6.45, 7) is 1.93. The average molecular weight is 229 g/mol. The van der Waals surface area contributed by atoms with Crippen molar-refractivity contribution in [1.29, 1.82) is 0 Å². The topological polar surface area (TPSA) is 153 Å². The monoisotopic (exact) mass is 229 g/mol. The molecule has 0 aliphatic heterocycles. The van der Waals surface area contributed by atoms with Crippen molar-refractivity contribution in [2.75, 3.05) is 6.61 Å². The van der Waals surface area contributed by atoms with Gasteiger partial charge in [0.25, 0.3) is 0 Å². The quantitative estimate of drug-likeness (QED) is 0.434. The van der Waals surface area contributed by atoms with E-state index < -0.39 is 10.2 Å². The third-order valence-corrected chi connectivity index (χ3v) is 0. The summed E-state index contributed by atoms with van der Waals surface area (Å²) in [7, 11) is 0. The molecule has 0 unspecified atom stereocenters. The van der Waals surface area contributed by atoms with E-state index in [1.807, 2.05) is 0 Å². The number of nitrogens with zero attached hydrogens (tertiary/aromatic N) is 2. The van der Waals surface area contributed by atoms with Crippen LogP contribution in [0.3, 0.4) is 0 Å². The first kappa shape index (κ1) is 22.4. The minimum atomic E-state index is -1.75. The van der Waals surface area contributed by atoms with E-state index in [4.69, 9.17) is 35.7 Å². The van der Waals surface area contributed by atoms with Crippen molar-refractivity contribution in [3.63, 3.8) is 0 Å². The predicted octanol–water partition coefficient (Wildman–Crippen LogP) is -0.482. The molecule has 75 valence electrons. The van der Waals surface area contributed by atoms with Crippen LogP contribution in [0.2, 0.25) is 0 Å². The molecule has 0 aliphatic rings. The van der Waals surface area contributed by atoms with Crippen molar-refractivity contribution in [2.45, 2.75) is 6.92 Å². The fraction of sp³-hybridized carbons (Fsp3) is 1.00. The maximum absolute atomic E-state index is 8.25. The molecule has 10 heteroatoms. The van der Waals surface area contributed by atoms with Gasteiger partial charge in [-0.15, -0.1) is 0 Å². The largest absolute Gasteiger partial charge is 2.00 e. The van der Waals surface area contributed by atoms with Crippen molar-refractivity contribution >= 4 is 0 Å². The van der Waals surface area contributed by atoms with Gasteiger partial charge in [0.15, 0.2) is 0 Å². The van der Waals surface area contributed by atoms with Crippen molar-refractivity contribution in [3.05, 3.63) is 30.6 Å². The van der Waals surface area contributed by atoms with Crippen LogP contribution in [-0.2, 0) is 16.8 Å². The summed E-state index contributed by atoms with van der Waals surface area (Å²) in [6.07, 6.45) is 0. The van der Waals surface area contributed by atoms with Crippen molar-refractivity contribution in [1.82, 2.24) is 0 Å². The van der Waals surface area contributed by atoms with E-state index in [0.717, 1.165) is 0 Å². The van der Waals surface area contributed by atoms with Gasteiger partial charge in [0.1, 0.15) is 0 Å². The SMILES string of the molecule is CCO.O=[N+]([O-])[O-].O=[N+]([O-])[O-].[Co+2]. The molecule has 9 nitrogen and oxygen atoms in total. The van der Waals surface area contributed by atoms with E-state index in [2.05, 4.69) is 0 Å². The second kappa shape index (κ2) is 22.5. The van der Waals surface area contributed by atoms with Gasteiger partial charge in [-0.3, -0.25) is 0 Å². The number of hydrogen-bond acceptors (Lipinski definition) is 7. The van der Waals surface area contributed by atoms with Gasteiger partial charge < -0.3 is 35.7 Å². The molecule has 0 aromatic heterocycles. The Labute approximate surface area is 77.0 Å². The molecule has 0 heterocycles. The first-order valence-electron chi connectivity index (χ1n) is 2.12. The zero-order chi connectivity index (χ0) is 9.86. The van der Waals surface area contributed by atoms with E-state index in [9.17, 15) is 0 Å². The van der Waals surface area contributed by atoms with Crippen LogP contribution in [0.1, 0.15) is 6.92 Å². The molecular formula is C2H6CoN2O7. The Morgan fingerprint density at radius 1 is 1.08 bits per heavy atom. The molecule has 0 aliphatic carbocycles. The maximum Gasteiger partial charge on any atom is 2.00 e. The molecule has 0 rings (SSSR count). The predicted molar refractivity (Wildman–Crippen MR) is 33.5 cm³/mol. The molecule has 0 spiro atoms. The molecule has 0 aromatic carbocycles. The van der Waals surface area contributed by atoms with Crippen molar-refractivity contribution in [3.8, 4) is 0 Å². The Bertz CT molecular complexity index is 87.6. The van der Waals surface area contributed by atoms with Crippen LogP contribution in [0.25, 0.3) is 0 Å². The van der Waals surface area contributed by atoms with Crippen LogP contribution >= 0.6 is 0 Å². The van der Waals surface area contributed by atoms with Gasteiger partial charge in [0.05, 0.1) is 10.2 Å². The fourth-order valence-electron chi connectivity index (χ4n) is 0. The Morgan fingerprint density at radius 2 is 1.08 bits per heavy atom. The van der Waals surface area contributed by atoms with Crippen LogP contribution in [-0.4, -0.2) is 21.9 Å². The van der Waals surface area contributed by atoms with E-state index in [0.29, 0.717) is 0 Å². The van der Waals surface area contributed by atoms with Gasteiger partial charge >= 0.3 is 16.8 Å². The second-order valence-corrected chi connectivity index (χ2v) is 0.763. The van der Waals surface area contributed by atoms with Crippen molar-refractivity contribution in [2.24, 2.45) is 0 Å². The van der Waals surface area contributed by atoms with Crippen LogP contribution in [0, 0.1) is 30.6 Å². The standard InChI is InChI=1S/C2H6O.Co.2NO3/c1-2-3;;2*2-1(3)4/h3H,2H2,1H3;;;/q;+2;2*-1. The molecule has 0 fully saturated rings. The Hall–Kier alpha value is -1.13. The van der Waals surface area contributed by atoms with E-state index in [-0.39, 0.29) is 23.4 Å². The minimum absolute atomic E-state index is 0. The first-order valence-corrected chi connectivity index (χ1v) is 2.12. The Kier molecular flexibility index (Phi) is 42.1. The summed E-state index contributed by atoms with van der Waals surface area (Å²) >= 11 is 0. The Balaban J connectivity index is -0.0000000389. The van der Waals surface area contributed by atoms with Crippen LogP contribution in [0.15, 0.2) is 0 Å². The summed E-state index contributed by atoms with van der Waals surface area (Å²) in [5, 5.41) is 37.1. The molecule has 0 saturated carbocycles. The summed E-state index contributed by atoms with van der Waals surface area (Å²) in [4.78, 5) is 16.5. The maximum atomic E-state index is 8.25. The molecule has 0 atom stereocenters. The van der Waals surface area contributed by atoms with E-state index in [1.165, 1.54) is 0 Å².